The van der Waals surface area contributed by atoms with Crippen LogP contribution in [0, 0.1) is 0 Å². The van der Waals surface area contributed by atoms with Gasteiger partial charge in [0, 0.05) is 11.3 Å². The van der Waals surface area contributed by atoms with Gasteiger partial charge in [0.1, 0.15) is 5.82 Å². The van der Waals surface area contributed by atoms with Crippen molar-refractivity contribution in [2.24, 2.45) is 0 Å². The van der Waals surface area contributed by atoms with E-state index in [1.165, 1.54) is 0 Å². The van der Waals surface area contributed by atoms with Crippen molar-refractivity contribution in [1.29, 1.82) is 0 Å². The monoisotopic (exact) mass is 345 g/mol. The summed E-state index contributed by atoms with van der Waals surface area (Å²) in [6.07, 6.45) is 0.00160. The molecule has 6 heteroatoms. The van der Waals surface area contributed by atoms with Crippen molar-refractivity contribution in [2.45, 2.75) is 26.9 Å². The number of hydrogen-bond donors (Lipinski definition) is 2. The first kappa shape index (κ1) is 16.5. The second-order valence-corrected chi connectivity index (χ2v) is 6.15. The largest absolute Gasteiger partial charge is 0.490 e. The third-order valence-electron chi connectivity index (χ3n) is 3.44. The minimum atomic E-state index is 0.00160. The fraction of sp³-hybridized carbons (Fsp3) is 0.278. The van der Waals surface area contributed by atoms with Crippen LogP contribution in [0.1, 0.15) is 20.8 Å². The second kappa shape index (κ2) is 6.61. The smallest absolute Gasteiger partial charge is 0.180 e. The van der Waals surface area contributed by atoms with Gasteiger partial charge in [-0.3, -0.25) is 0 Å². The maximum atomic E-state index is 6.42. The van der Waals surface area contributed by atoms with E-state index in [4.69, 9.17) is 26.8 Å². The van der Waals surface area contributed by atoms with Gasteiger partial charge in [0.25, 0.3) is 0 Å². The average Bonchev–Trinajstić information content (AvgIpc) is 2.93. The molecule has 3 N–H and O–H groups in total. The minimum absolute atomic E-state index is 0.00160. The summed E-state index contributed by atoms with van der Waals surface area (Å²) >= 11 is 6.42. The Hall–Kier alpha value is -2.40. The van der Waals surface area contributed by atoms with Crippen molar-refractivity contribution >= 4 is 28.3 Å². The van der Waals surface area contributed by atoms with Crippen molar-refractivity contribution in [3.05, 3.63) is 35.4 Å². The quantitative estimate of drug-likeness (QED) is 0.660. The first-order chi connectivity index (χ1) is 11.5. The van der Waals surface area contributed by atoms with Crippen LogP contribution in [0.2, 0.25) is 5.02 Å². The van der Waals surface area contributed by atoms with Crippen molar-refractivity contribution in [2.75, 3.05) is 12.3 Å². The number of imidazole rings is 1. The highest BCUT2D eigenvalue weighted by Gasteiger charge is 2.16. The van der Waals surface area contributed by atoms with Gasteiger partial charge in [-0.05, 0) is 51.1 Å². The Morgan fingerprint density at radius 3 is 2.75 bits per heavy atom. The number of anilines is 1. The molecule has 3 aromatic rings. The van der Waals surface area contributed by atoms with Gasteiger partial charge in [0.15, 0.2) is 11.5 Å². The highest BCUT2D eigenvalue weighted by Crippen LogP contribution is 2.40. The molecule has 0 saturated carbocycles. The van der Waals surface area contributed by atoms with Crippen LogP contribution < -0.4 is 15.2 Å². The summed E-state index contributed by atoms with van der Waals surface area (Å²) < 4.78 is 11.5. The molecule has 2 aromatic carbocycles. The lowest BCUT2D eigenvalue weighted by Crippen LogP contribution is -2.08. The Morgan fingerprint density at radius 2 is 2.04 bits per heavy atom. The van der Waals surface area contributed by atoms with E-state index < -0.39 is 0 Å². The van der Waals surface area contributed by atoms with Gasteiger partial charge < -0.3 is 20.2 Å². The summed E-state index contributed by atoms with van der Waals surface area (Å²) in [5.74, 6) is 1.86. The molecule has 0 aliphatic rings. The van der Waals surface area contributed by atoms with Crippen LogP contribution in [-0.4, -0.2) is 22.7 Å². The number of nitrogens with two attached hydrogens (primary N) is 1. The van der Waals surface area contributed by atoms with Crippen molar-refractivity contribution in [1.82, 2.24) is 9.97 Å². The van der Waals surface area contributed by atoms with Crippen LogP contribution in [0.4, 0.5) is 5.69 Å². The Labute approximate surface area is 145 Å². The van der Waals surface area contributed by atoms with Gasteiger partial charge in [0.2, 0.25) is 0 Å². The number of rotatable bonds is 5. The minimum Gasteiger partial charge on any atom is -0.490 e. The van der Waals surface area contributed by atoms with Gasteiger partial charge in [-0.1, -0.05) is 11.6 Å². The van der Waals surface area contributed by atoms with E-state index in [0.717, 1.165) is 16.6 Å². The highest BCUT2D eigenvalue weighted by molar-refractivity contribution is 6.32. The summed E-state index contributed by atoms with van der Waals surface area (Å²) in [4.78, 5) is 7.85. The molecular formula is C18H20ClN3O2. The number of halogens is 1. The predicted molar refractivity (Wildman–Crippen MR) is 97.9 cm³/mol. The number of nitrogen functional groups attached to an aromatic ring is 1. The maximum absolute atomic E-state index is 6.42. The molecule has 3 rings (SSSR count). The summed E-state index contributed by atoms with van der Waals surface area (Å²) in [5, 5.41) is 0.490. The summed E-state index contributed by atoms with van der Waals surface area (Å²) in [7, 11) is 0. The highest BCUT2D eigenvalue weighted by atomic mass is 35.5. The number of H-pyrrole nitrogens is 1. The molecule has 0 fully saturated rings. The van der Waals surface area contributed by atoms with Gasteiger partial charge >= 0.3 is 0 Å². The normalized spacial score (nSPS) is 11.2. The van der Waals surface area contributed by atoms with Crippen molar-refractivity contribution in [3.63, 3.8) is 0 Å². The molecule has 0 bridgehead atoms. The molecule has 0 radical (unpaired) electrons. The van der Waals surface area contributed by atoms with Gasteiger partial charge in [-0.25, -0.2) is 4.98 Å². The lowest BCUT2D eigenvalue weighted by molar-refractivity contribution is 0.224. The molecular weight excluding hydrogens is 326 g/mol. The van der Waals surface area contributed by atoms with E-state index >= 15 is 0 Å². The zero-order valence-corrected chi connectivity index (χ0v) is 14.6. The first-order valence-corrected chi connectivity index (χ1v) is 8.24. The number of hydrogen-bond acceptors (Lipinski definition) is 4. The van der Waals surface area contributed by atoms with Crippen LogP contribution in [0.25, 0.3) is 22.4 Å². The average molecular weight is 346 g/mol. The van der Waals surface area contributed by atoms with Crippen LogP contribution >= 0.6 is 11.6 Å². The standard InChI is InChI=1S/C18H20ClN3O2/c1-4-23-16-8-11(7-13(19)17(16)24-10(2)3)18-21-14-6-5-12(20)9-15(14)22-18/h5-10H,4,20H2,1-3H3,(H,21,22). The Kier molecular flexibility index (Phi) is 4.53. The van der Waals surface area contributed by atoms with Crippen LogP contribution in [-0.2, 0) is 0 Å². The Balaban J connectivity index is 2.09. The van der Waals surface area contributed by atoms with Crippen molar-refractivity contribution in [3.8, 4) is 22.9 Å². The number of aromatic nitrogens is 2. The zero-order valence-electron chi connectivity index (χ0n) is 13.9. The molecule has 0 aliphatic heterocycles. The lowest BCUT2D eigenvalue weighted by Gasteiger charge is -2.16. The third kappa shape index (κ3) is 3.26. The zero-order chi connectivity index (χ0) is 17.3. The molecule has 0 atom stereocenters. The van der Waals surface area contributed by atoms with E-state index in [1.54, 1.807) is 0 Å². The van der Waals surface area contributed by atoms with Crippen LogP contribution in [0.15, 0.2) is 30.3 Å². The number of ether oxygens (including phenoxy) is 2. The van der Waals surface area contributed by atoms with Gasteiger partial charge in [-0.2, -0.15) is 0 Å². The number of aromatic amines is 1. The topological polar surface area (TPSA) is 73.2 Å². The second-order valence-electron chi connectivity index (χ2n) is 5.75. The maximum Gasteiger partial charge on any atom is 0.180 e. The number of nitrogens with one attached hydrogen (secondary N) is 1. The third-order valence-corrected chi connectivity index (χ3v) is 3.72. The van der Waals surface area contributed by atoms with E-state index in [9.17, 15) is 0 Å². The fourth-order valence-electron chi connectivity index (χ4n) is 2.48. The SMILES string of the molecule is CCOc1cc(-c2nc3ccc(N)cc3[nH]2)cc(Cl)c1OC(C)C. The van der Waals surface area contributed by atoms with Gasteiger partial charge in [0.05, 0.1) is 28.8 Å². The number of fused-ring (bicyclic) bond motifs is 1. The van der Waals surface area contributed by atoms with E-state index in [1.807, 2.05) is 51.1 Å². The predicted octanol–water partition coefficient (Wildman–Crippen LogP) is 4.65. The Morgan fingerprint density at radius 1 is 1.25 bits per heavy atom. The lowest BCUT2D eigenvalue weighted by atomic mass is 10.2. The molecule has 0 saturated heterocycles. The molecule has 1 heterocycles. The van der Waals surface area contributed by atoms with Crippen LogP contribution in [0.5, 0.6) is 11.5 Å². The summed E-state index contributed by atoms with van der Waals surface area (Å²) in [6.45, 7) is 6.34. The summed E-state index contributed by atoms with van der Waals surface area (Å²) in [5.41, 5.74) is 9.05. The molecule has 0 amide bonds. The van der Waals surface area contributed by atoms with E-state index in [-0.39, 0.29) is 6.10 Å². The first-order valence-electron chi connectivity index (χ1n) is 7.86. The molecule has 24 heavy (non-hydrogen) atoms. The molecule has 0 aliphatic carbocycles. The van der Waals surface area contributed by atoms with Gasteiger partial charge in [-0.15, -0.1) is 0 Å². The van der Waals surface area contributed by atoms with E-state index in [2.05, 4.69) is 9.97 Å². The van der Waals surface area contributed by atoms with Crippen molar-refractivity contribution < 1.29 is 9.47 Å². The molecule has 0 unspecified atom stereocenters. The molecule has 1 aromatic heterocycles. The molecule has 5 nitrogen and oxygen atoms in total. The molecule has 0 spiro atoms. The van der Waals surface area contributed by atoms with E-state index in [0.29, 0.717) is 34.6 Å². The number of benzene rings is 2. The summed E-state index contributed by atoms with van der Waals surface area (Å²) in [6, 6.07) is 9.27. The van der Waals surface area contributed by atoms with Crippen LogP contribution in [0.3, 0.4) is 0 Å². The molecule has 126 valence electrons. The number of nitrogens with zero attached hydrogens (tertiary/aromatic N) is 1. The fourth-order valence-corrected chi connectivity index (χ4v) is 2.74. The Bertz CT molecular complexity index is 874.